The molecule has 1 aromatic rings. The van der Waals surface area contributed by atoms with E-state index in [0.717, 1.165) is 18.4 Å². The molecule has 1 aliphatic carbocycles. The van der Waals surface area contributed by atoms with E-state index in [1.807, 2.05) is 0 Å². The van der Waals surface area contributed by atoms with Crippen molar-refractivity contribution in [3.63, 3.8) is 0 Å². The summed E-state index contributed by atoms with van der Waals surface area (Å²) in [6.07, 6.45) is 4.67. The standard InChI is InChI=1S/C10H15N3O/c1-7-3-8(7)4-11-10-12-5-9(14-2)6-13-10/h5-8H,3-4H2,1-2H3,(H,11,12,13). The molecule has 0 bridgehead atoms. The summed E-state index contributed by atoms with van der Waals surface area (Å²) in [5, 5.41) is 3.21. The van der Waals surface area contributed by atoms with Crippen molar-refractivity contribution in [2.45, 2.75) is 13.3 Å². The van der Waals surface area contributed by atoms with E-state index in [9.17, 15) is 0 Å². The molecule has 4 nitrogen and oxygen atoms in total. The lowest BCUT2D eigenvalue weighted by molar-refractivity contribution is 0.411. The monoisotopic (exact) mass is 193 g/mol. The van der Waals surface area contributed by atoms with Gasteiger partial charge in [0, 0.05) is 6.54 Å². The maximum Gasteiger partial charge on any atom is 0.222 e. The third-order valence-electron chi connectivity index (χ3n) is 2.66. The Bertz CT molecular complexity index is 299. The quantitative estimate of drug-likeness (QED) is 0.788. The molecule has 0 saturated heterocycles. The molecular formula is C10H15N3O. The van der Waals surface area contributed by atoms with Crippen molar-refractivity contribution >= 4 is 5.95 Å². The van der Waals surface area contributed by atoms with Crippen molar-refractivity contribution in [1.82, 2.24) is 9.97 Å². The van der Waals surface area contributed by atoms with E-state index in [1.54, 1.807) is 19.5 Å². The summed E-state index contributed by atoms with van der Waals surface area (Å²) in [6.45, 7) is 3.24. The number of methoxy groups -OCH3 is 1. The van der Waals surface area contributed by atoms with Crippen molar-refractivity contribution in [2.24, 2.45) is 11.8 Å². The maximum atomic E-state index is 4.97. The summed E-state index contributed by atoms with van der Waals surface area (Å²) in [7, 11) is 1.61. The van der Waals surface area contributed by atoms with Gasteiger partial charge in [0.1, 0.15) is 0 Å². The summed E-state index contributed by atoms with van der Waals surface area (Å²) in [4.78, 5) is 8.25. The Morgan fingerprint density at radius 1 is 1.50 bits per heavy atom. The summed E-state index contributed by atoms with van der Waals surface area (Å²) >= 11 is 0. The Morgan fingerprint density at radius 2 is 2.14 bits per heavy atom. The first-order valence-corrected chi connectivity index (χ1v) is 4.89. The van der Waals surface area contributed by atoms with E-state index in [0.29, 0.717) is 11.7 Å². The van der Waals surface area contributed by atoms with Gasteiger partial charge in [-0.15, -0.1) is 0 Å². The predicted molar refractivity (Wildman–Crippen MR) is 54.3 cm³/mol. The lowest BCUT2D eigenvalue weighted by atomic mass is 10.3. The molecule has 1 N–H and O–H groups in total. The minimum Gasteiger partial charge on any atom is -0.494 e. The Balaban J connectivity index is 1.84. The van der Waals surface area contributed by atoms with E-state index in [1.165, 1.54) is 6.42 Å². The fraction of sp³-hybridized carbons (Fsp3) is 0.600. The molecule has 1 saturated carbocycles. The zero-order valence-electron chi connectivity index (χ0n) is 8.53. The maximum absolute atomic E-state index is 4.97. The first-order valence-electron chi connectivity index (χ1n) is 4.89. The summed E-state index contributed by atoms with van der Waals surface area (Å²) in [5.74, 6) is 3.04. The molecule has 0 spiro atoms. The van der Waals surface area contributed by atoms with E-state index in [4.69, 9.17) is 4.74 Å². The van der Waals surface area contributed by atoms with Gasteiger partial charge in [-0.25, -0.2) is 9.97 Å². The van der Waals surface area contributed by atoms with Crippen LogP contribution in [0.5, 0.6) is 5.75 Å². The fourth-order valence-electron chi connectivity index (χ4n) is 1.42. The number of hydrogen-bond donors (Lipinski definition) is 1. The Kier molecular flexibility index (Phi) is 2.52. The van der Waals surface area contributed by atoms with Gasteiger partial charge >= 0.3 is 0 Å². The van der Waals surface area contributed by atoms with Crippen LogP contribution in [0.15, 0.2) is 12.4 Å². The van der Waals surface area contributed by atoms with Gasteiger partial charge in [-0.1, -0.05) is 6.92 Å². The average Bonchev–Trinajstić information content (AvgIpc) is 2.92. The van der Waals surface area contributed by atoms with Crippen LogP contribution >= 0.6 is 0 Å². The number of anilines is 1. The minimum atomic E-state index is 0.685. The van der Waals surface area contributed by atoms with Crippen molar-refractivity contribution in [2.75, 3.05) is 19.0 Å². The number of ether oxygens (including phenoxy) is 1. The second-order valence-electron chi connectivity index (χ2n) is 3.80. The molecule has 0 aromatic carbocycles. The smallest absolute Gasteiger partial charge is 0.222 e. The van der Waals surface area contributed by atoms with Crippen molar-refractivity contribution in [3.8, 4) is 5.75 Å². The Hall–Kier alpha value is -1.32. The third kappa shape index (κ3) is 2.13. The lowest BCUT2D eigenvalue weighted by Gasteiger charge is -2.03. The van der Waals surface area contributed by atoms with Crippen LogP contribution in [-0.4, -0.2) is 23.6 Å². The van der Waals surface area contributed by atoms with Crippen LogP contribution in [0.4, 0.5) is 5.95 Å². The van der Waals surface area contributed by atoms with E-state index in [2.05, 4.69) is 22.2 Å². The lowest BCUT2D eigenvalue weighted by Crippen LogP contribution is -2.07. The van der Waals surface area contributed by atoms with Gasteiger partial charge in [0.25, 0.3) is 0 Å². The first kappa shape index (κ1) is 9.24. The molecule has 1 fully saturated rings. The van der Waals surface area contributed by atoms with Gasteiger partial charge in [-0.2, -0.15) is 0 Å². The van der Waals surface area contributed by atoms with E-state index in [-0.39, 0.29) is 0 Å². The highest BCUT2D eigenvalue weighted by molar-refractivity contribution is 5.27. The molecule has 1 heterocycles. The molecule has 1 aromatic heterocycles. The molecule has 2 unspecified atom stereocenters. The number of rotatable bonds is 4. The van der Waals surface area contributed by atoms with Crippen LogP contribution in [0.1, 0.15) is 13.3 Å². The van der Waals surface area contributed by atoms with Crippen molar-refractivity contribution in [1.29, 1.82) is 0 Å². The molecule has 4 heteroatoms. The van der Waals surface area contributed by atoms with E-state index < -0.39 is 0 Å². The van der Waals surface area contributed by atoms with Crippen LogP contribution < -0.4 is 10.1 Å². The fourth-order valence-corrected chi connectivity index (χ4v) is 1.42. The molecule has 2 atom stereocenters. The molecule has 0 aliphatic heterocycles. The highest BCUT2D eigenvalue weighted by Crippen LogP contribution is 2.37. The zero-order valence-corrected chi connectivity index (χ0v) is 8.53. The van der Waals surface area contributed by atoms with Gasteiger partial charge in [-0.3, -0.25) is 0 Å². The Morgan fingerprint density at radius 3 is 2.64 bits per heavy atom. The van der Waals surface area contributed by atoms with Crippen LogP contribution in [0.2, 0.25) is 0 Å². The predicted octanol–water partition coefficient (Wildman–Crippen LogP) is 1.55. The normalized spacial score (nSPS) is 24.4. The number of aromatic nitrogens is 2. The van der Waals surface area contributed by atoms with Crippen LogP contribution in [-0.2, 0) is 0 Å². The van der Waals surface area contributed by atoms with Gasteiger partial charge in [0.15, 0.2) is 5.75 Å². The highest BCUT2D eigenvalue weighted by Gasteiger charge is 2.31. The molecule has 76 valence electrons. The zero-order chi connectivity index (χ0) is 9.97. The largest absolute Gasteiger partial charge is 0.494 e. The van der Waals surface area contributed by atoms with Gasteiger partial charge < -0.3 is 10.1 Å². The number of nitrogens with zero attached hydrogens (tertiary/aromatic N) is 2. The highest BCUT2D eigenvalue weighted by atomic mass is 16.5. The molecular weight excluding hydrogens is 178 g/mol. The molecule has 14 heavy (non-hydrogen) atoms. The van der Waals surface area contributed by atoms with Gasteiger partial charge in [0.2, 0.25) is 5.95 Å². The third-order valence-corrected chi connectivity index (χ3v) is 2.66. The second-order valence-corrected chi connectivity index (χ2v) is 3.80. The first-order chi connectivity index (χ1) is 6.79. The molecule has 0 amide bonds. The summed E-state index contributed by atoms with van der Waals surface area (Å²) in [5.41, 5.74) is 0. The van der Waals surface area contributed by atoms with Crippen LogP contribution in [0, 0.1) is 11.8 Å². The summed E-state index contributed by atoms with van der Waals surface area (Å²) < 4.78 is 4.97. The molecule has 1 aliphatic rings. The number of nitrogens with one attached hydrogen (secondary N) is 1. The average molecular weight is 193 g/mol. The van der Waals surface area contributed by atoms with Gasteiger partial charge in [0.05, 0.1) is 19.5 Å². The molecule has 2 rings (SSSR count). The van der Waals surface area contributed by atoms with E-state index >= 15 is 0 Å². The van der Waals surface area contributed by atoms with Crippen molar-refractivity contribution < 1.29 is 4.74 Å². The summed E-state index contributed by atoms with van der Waals surface area (Å²) in [6, 6.07) is 0. The Labute approximate surface area is 83.7 Å². The van der Waals surface area contributed by atoms with Crippen LogP contribution in [0.25, 0.3) is 0 Å². The SMILES string of the molecule is COc1cnc(NCC2CC2C)nc1. The number of hydrogen-bond acceptors (Lipinski definition) is 4. The molecule has 0 radical (unpaired) electrons. The van der Waals surface area contributed by atoms with Crippen LogP contribution in [0.3, 0.4) is 0 Å². The van der Waals surface area contributed by atoms with Crippen molar-refractivity contribution in [3.05, 3.63) is 12.4 Å². The minimum absolute atomic E-state index is 0.685. The topological polar surface area (TPSA) is 47.0 Å². The van der Waals surface area contributed by atoms with Gasteiger partial charge in [-0.05, 0) is 18.3 Å². The second kappa shape index (κ2) is 3.82.